The predicted molar refractivity (Wildman–Crippen MR) is 96.9 cm³/mol. The molecular formula is C17H19N3O5S. The standard InChI is InChI=1S/C17H19N3O5S/c1-24-14-9-8-13(16(10-14)25-2)11-18-20-17(21)12-19-26(22,23)15-6-4-3-5-7-15/h3-11,19H,12H2,1-2H3,(H,20,21). The lowest BCUT2D eigenvalue weighted by molar-refractivity contribution is -0.119. The number of carbonyl (C=O) groups is 1. The molecule has 2 N–H and O–H groups in total. The largest absolute Gasteiger partial charge is 0.497 e. The summed E-state index contributed by atoms with van der Waals surface area (Å²) in [6.45, 7) is -0.436. The molecule has 0 fully saturated rings. The van der Waals surface area contributed by atoms with E-state index in [4.69, 9.17) is 9.47 Å². The van der Waals surface area contributed by atoms with Gasteiger partial charge in [-0.3, -0.25) is 4.79 Å². The molecule has 0 heterocycles. The first-order valence-corrected chi connectivity index (χ1v) is 9.03. The van der Waals surface area contributed by atoms with Crippen LogP contribution in [0.2, 0.25) is 0 Å². The van der Waals surface area contributed by atoms with Crippen LogP contribution in [0.15, 0.2) is 58.5 Å². The topological polar surface area (TPSA) is 106 Å². The van der Waals surface area contributed by atoms with Gasteiger partial charge >= 0.3 is 0 Å². The molecule has 1 amide bonds. The zero-order chi connectivity index (χ0) is 19.0. The molecule has 26 heavy (non-hydrogen) atoms. The van der Waals surface area contributed by atoms with Gasteiger partial charge in [-0.2, -0.15) is 5.10 Å². The van der Waals surface area contributed by atoms with E-state index in [0.29, 0.717) is 17.1 Å². The number of carbonyl (C=O) groups excluding carboxylic acids is 1. The molecular weight excluding hydrogens is 358 g/mol. The number of hydrazone groups is 1. The first-order valence-electron chi connectivity index (χ1n) is 7.55. The summed E-state index contributed by atoms with van der Waals surface area (Å²) in [5.74, 6) is 0.540. The number of amides is 1. The van der Waals surface area contributed by atoms with Gasteiger partial charge < -0.3 is 9.47 Å². The van der Waals surface area contributed by atoms with E-state index in [0.717, 1.165) is 0 Å². The summed E-state index contributed by atoms with van der Waals surface area (Å²) >= 11 is 0. The first-order chi connectivity index (χ1) is 12.5. The van der Waals surface area contributed by atoms with E-state index in [1.807, 2.05) is 0 Å². The van der Waals surface area contributed by atoms with Gasteiger partial charge in [0.15, 0.2) is 0 Å². The third kappa shape index (κ3) is 5.30. The molecule has 0 saturated carbocycles. The van der Waals surface area contributed by atoms with E-state index in [9.17, 15) is 13.2 Å². The normalized spacial score (nSPS) is 11.3. The van der Waals surface area contributed by atoms with Crippen molar-refractivity contribution in [3.8, 4) is 11.5 Å². The van der Waals surface area contributed by atoms with Gasteiger partial charge in [-0.05, 0) is 24.3 Å². The number of benzene rings is 2. The van der Waals surface area contributed by atoms with E-state index >= 15 is 0 Å². The Labute approximate surface area is 151 Å². The Morgan fingerprint density at radius 3 is 2.50 bits per heavy atom. The Balaban J connectivity index is 1.92. The molecule has 2 aromatic carbocycles. The molecule has 0 atom stereocenters. The summed E-state index contributed by atoms with van der Waals surface area (Å²) in [5.41, 5.74) is 2.88. The highest BCUT2D eigenvalue weighted by atomic mass is 32.2. The van der Waals surface area contributed by atoms with E-state index in [2.05, 4.69) is 15.2 Å². The summed E-state index contributed by atoms with van der Waals surface area (Å²) in [5, 5.41) is 3.80. The summed E-state index contributed by atoms with van der Waals surface area (Å²) < 4.78 is 36.5. The Kier molecular flexibility index (Phi) is 6.70. The van der Waals surface area contributed by atoms with Crippen LogP contribution in [-0.4, -0.2) is 41.3 Å². The fourth-order valence-electron chi connectivity index (χ4n) is 1.98. The lowest BCUT2D eigenvalue weighted by Crippen LogP contribution is -2.34. The number of nitrogens with one attached hydrogen (secondary N) is 2. The van der Waals surface area contributed by atoms with Gasteiger partial charge in [0.1, 0.15) is 11.5 Å². The molecule has 0 aliphatic carbocycles. The minimum Gasteiger partial charge on any atom is -0.497 e. The number of hydrogen-bond acceptors (Lipinski definition) is 6. The summed E-state index contributed by atoms with van der Waals surface area (Å²) in [6, 6.07) is 12.9. The lowest BCUT2D eigenvalue weighted by atomic mass is 10.2. The second-order valence-electron chi connectivity index (χ2n) is 5.04. The van der Waals surface area contributed by atoms with E-state index in [1.54, 1.807) is 43.5 Å². The van der Waals surface area contributed by atoms with Crippen molar-refractivity contribution >= 4 is 22.1 Å². The highest BCUT2D eigenvalue weighted by Crippen LogP contribution is 2.22. The maximum atomic E-state index is 12.0. The van der Waals surface area contributed by atoms with Crippen molar-refractivity contribution in [1.82, 2.24) is 10.1 Å². The van der Waals surface area contributed by atoms with Gasteiger partial charge in [0.05, 0.1) is 31.9 Å². The average Bonchev–Trinajstić information content (AvgIpc) is 2.67. The molecule has 0 aliphatic heterocycles. The van der Waals surface area contributed by atoms with Gasteiger partial charge in [0, 0.05) is 11.6 Å². The molecule has 9 heteroatoms. The molecule has 2 rings (SSSR count). The van der Waals surface area contributed by atoms with E-state index in [1.165, 1.54) is 25.5 Å². The van der Waals surface area contributed by atoms with Gasteiger partial charge in [-0.1, -0.05) is 18.2 Å². The maximum absolute atomic E-state index is 12.0. The highest BCUT2D eigenvalue weighted by molar-refractivity contribution is 7.89. The molecule has 138 valence electrons. The van der Waals surface area contributed by atoms with Gasteiger partial charge in [0.2, 0.25) is 10.0 Å². The summed E-state index contributed by atoms with van der Waals surface area (Å²) in [4.78, 5) is 11.8. The van der Waals surface area contributed by atoms with E-state index < -0.39 is 22.5 Å². The Morgan fingerprint density at radius 2 is 1.85 bits per heavy atom. The van der Waals surface area contributed by atoms with Crippen LogP contribution in [0, 0.1) is 0 Å². The fourth-order valence-corrected chi connectivity index (χ4v) is 2.99. The van der Waals surface area contributed by atoms with Gasteiger partial charge in [-0.15, -0.1) is 0 Å². The average molecular weight is 377 g/mol. The highest BCUT2D eigenvalue weighted by Gasteiger charge is 2.14. The van der Waals surface area contributed by atoms with Crippen LogP contribution in [0.5, 0.6) is 11.5 Å². The zero-order valence-electron chi connectivity index (χ0n) is 14.3. The monoisotopic (exact) mass is 377 g/mol. The van der Waals surface area contributed by atoms with E-state index in [-0.39, 0.29) is 4.90 Å². The van der Waals surface area contributed by atoms with Crippen LogP contribution in [0.1, 0.15) is 5.56 Å². The van der Waals surface area contributed by atoms with Crippen molar-refractivity contribution in [3.05, 3.63) is 54.1 Å². The smallest absolute Gasteiger partial charge is 0.255 e. The van der Waals surface area contributed by atoms with Crippen LogP contribution >= 0.6 is 0 Å². The second-order valence-corrected chi connectivity index (χ2v) is 6.81. The predicted octanol–water partition coefficient (Wildman–Crippen LogP) is 1.13. The molecule has 0 spiro atoms. The van der Waals surface area contributed by atoms with Crippen LogP contribution < -0.4 is 19.6 Å². The van der Waals surface area contributed by atoms with Crippen molar-refractivity contribution in [2.45, 2.75) is 4.90 Å². The number of sulfonamides is 1. The Bertz CT molecular complexity index is 883. The number of nitrogens with zero attached hydrogens (tertiary/aromatic N) is 1. The lowest BCUT2D eigenvalue weighted by Gasteiger charge is -2.07. The molecule has 0 aliphatic rings. The van der Waals surface area contributed by atoms with Gasteiger partial charge in [0.25, 0.3) is 5.91 Å². The van der Waals surface area contributed by atoms with Crippen LogP contribution in [-0.2, 0) is 14.8 Å². The quantitative estimate of drug-likeness (QED) is 0.530. The fraction of sp³-hybridized carbons (Fsp3) is 0.176. The first kappa shape index (κ1) is 19.4. The molecule has 8 nitrogen and oxygen atoms in total. The van der Waals surface area contributed by atoms with Crippen LogP contribution in [0.4, 0.5) is 0 Å². The third-order valence-corrected chi connectivity index (χ3v) is 4.73. The van der Waals surface area contributed by atoms with Crippen LogP contribution in [0.3, 0.4) is 0 Å². The zero-order valence-corrected chi connectivity index (χ0v) is 15.1. The van der Waals surface area contributed by atoms with Crippen molar-refractivity contribution in [2.24, 2.45) is 5.10 Å². The number of ether oxygens (including phenoxy) is 2. The van der Waals surface area contributed by atoms with Crippen molar-refractivity contribution in [1.29, 1.82) is 0 Å². The molecule has 0 radical (unpaired) electrons. The molecule has 2 aromatic rings. The van der Waals surface area contributed by atoms with Crippen molar-refractivity contribution in [3.63, 3.8) is 0 Å². The second kappa shape index (κ2) is 8.97. The molecule has 0 bridgehead atoms. The van der Waals surface area contributed by atoms with Crippen LogP contribution in [0.25, 0.3) is 0 Å². The molecule has 0 aromatic heterocycles. The SMILES string of the molecule is COc1ccc(C=NNC(=O)CNS(=O)(=O)c2ccccc2)c(OC)c1. The minimum absolute atomic E-state index is 0.0827. The number of methoxy groups -OCH3 is 2. The molecule has 0 unspecified atom stereocenters. The van der Waals surface area contributed by atoms with Crippen molar-refractivity contribution in [2.75, 3.05) is 20.8 Å². The summed E-state index contributed by atoms with van der Waals surface area (Å²) in [7, 11) is -0.704. The summed E-state index contributed by atoms with van der Waals surface area (Å²) in [6.07, 6.45) is 1.39. The minimum atomic E-state index is -3.75. The molecule has 0 saturated heterocycles. The number of rotatable bonds is 8. The third-order valence-electron chi connectivity index (χ3n) is 3.31. The van der Waals surface area contributed by atoms with Crippen molar-refractivity contribution < 1.29 is 22.7 Å². The Morgan fingerprint density at radius 1 is 1.12 bits per heavy atom. The Hall–Kier alpha value is -2.91. The number of hydrogen-bond donors (Lipinski definition) is 2. The van der Waals surface area contributed by atoms with Gasteiger partial charge in [-0.25, -0.2) is 18.6 Å². The maximum Gasteiger partial charge on any atom is 0.255 e.